The number of carbonyl (C=O) groups is 1. The smallest absolute Gasteiger partial charge is 0.228 e. The summed E-state index contributed by atoms with van der Waals surface area (Å²) in [6.45, 7) is 2.12. The number of benzene rings is 1. The van der Waals surface area contributed by atoms with Gasteiger partial charge in [-0.25, -0.2) is 0 Å². The number of nitrogens with two attached hydrogens (primary N) is 1. The van der Waals surface area contributed by atoms with Crippen LogP contribution in [0.5, 0.6) is 0 Å². The molecule has 0 bridgehead atoms. The molecular weight excluding hydrogens is 206 g/mol. The number of hydrogen-bond donors (Lipinski definition) is 4. The highest BCUT2D eigenvalue weighted by Gasteiger charge is 2.19. The molecule has 5 heteroatoms. The van der Waals surface area contributed by atoms with Crippen molar-refractivity contribution in [2.45, 2.75) is 19.4 Å². The zero-order valence-electron chi connectivity index (χ0n) is 9.08. The second kappa shape index (κ2) is 4.02. The van der Waals surface area contributed by atoms with Gasteiger partial charge in [-0.1, -0.05) is 0 Å². The largest absolute Gasteiger partial charge is 0.397 e. The van der Waals surface area contributed by atoms with E-state index in [-0.39, 0.29) is 5.91 Å². The molecule has 5 N–H and O–H groups in total. The van der Waals surface area contributed by atoms with Crippen LogP contribution in [0.3, 0.4) is 0 Å². The fourth-order valence-corrected chi connectivity index (χ4v) is 1.70. The Morgan fingerprint density at radius 2 is 2.38 bits per heavy atom. The van der Waals surface area contributed by atoms with Crippen LogP contribution in [0, 0.1) is 0 Å². The molecule has 0 saturated carbocycles. The van der Waals surface area contributed by atoms with E-state index < -0.39 is 6.10 Å². The molecule has 1 unspecified atom stereocenters. The second-order valence-corrected chi connectivity index (χ2v) is 4.05. The van der Waals surface area contributed by atoms with Gasteiger partial charge in [0.1, 0.15) is 0 Å². The molecule has 0 aliphatic carbocycles. The lowest BCUT2D eigenvalue weighted by molar-refractivity contribution is -0.115. The van der Waals surface area contributed by atoms with Gasteiger partial charge in [-0.05, 0) is 24.6 Å². The van der Waals surface area contributed by atoms with Crippen molar-refractivity contribution in [3.63, 3.8) is 0 Å². The molecule has 1 aromatic carbocycles. The number of amides is 1. The Morgan fingerprint density at radius 1 is 1.62 bits per heavy atom. The third-order valence-corrected chi connectivity index (χ3v) is 2.49. The monoisotopic (exact) mass is 221 g/mol. The van der Waals surface area contributed by atoms with Crippen molar-refractivity contribution in [2.75, 3.05) is 22.9 Å². The van der Waals surface area contributed by atoms with Crippen LogP contribution in [0.2, 0.25) is 0 Å². The lowest BCUT2D eigenvalue weighted by Gasteiger charge is -2.12. The van der Waals surface area contributed by atoms with Crippen molar-refractivity contribution in [2.24, 2.45) is 0 Å². The molecule has 2 rings (SSSR count). The van der Waals surface area contributed by atoms with E-state index in [1.54, 1.807) is 19.1 Å². The lowest BCUT2D eigenvalue weighted by Crippen LogP contribution is -2.16. The molecule has 1 aliphatic rings. The Morgan fingerprint density at radius 3 is 3.06 bits per heavy atom. The van der Waals surface area contributed by atoms with E-state index >= 15 is 0 Å². The number of aliphatic hydroxyl groups is 1. The molecule has 1 heterocycles. The van der Waals surface area contributed by atoms with Crippen LogP contribution in [0.15, 0.2) is 12.1 Å². The number of nitrogens with one attached hydrogen (secondary N) is 2. The van der Waals surface area contributed by atoms with Crippen LogP contribution in [-0.4, -0.2) is 23.7 Å². The normalized spacial score (nSPS) is 15.5. The number of nitrogen functional groups attached to an aromatic ring is 1. The maximum Gasteiger partial charge on any atom is 0.228 e. The maximum atomic E-state index is 11.2. The van der Waals surface area contributed by atoms with Gasteiger partial charge in [-0.3, -0.25) is 4.79 Å². The van der Waals surface area contributed by atoms with Crippen molar-refractivity contribution >= 4 is 23.0 Å². The van der Waals surface area contributed by atoms with Gasteiger partial charge >= 0.3 is 0 Å². The zero-order valence-corrected chi connectivity index (χ0v) is 9.08. The van der Waals surface area contributed by atoms with Crippen LogP contribution in [0.4, 0.5) is 17.1 Å². The van der Waals surface area contributed by atoms with Gasteiger partial charge in [0.15, 0.2) is 0 Å². The molecule has 0 aromatic heterocycles. The summed E-state index contributed by atoms with van der Waals surface area (Å²) in [4.78, 5) is 11.2. The topological polar surface area (TPSA) is 87.4 Å². The van der Waals surface area contributed by atoms with Gasteiger partial charge in [0.05, 0.1) is 23.9 Å². The van der Waals surface area contributed by atoms with Crippen molar-refractivity contribution in [3.05, 3.63) is 17.7 Å². The third-order valence-electron chi connectivity index (χ3n) is 2.49. The first-order valence-electron chi connectivity index (χ1n) is 5.20. The number of fused-ring (bicyclic) bond motifs is 1. The minimum atomic E-state index is -0.442. The molecule has 5 nitrogen and oxygen atoms in total. The highest BCUT2D eigenvalue weighted by atomic mass is 16.3. The second-order valence-electron chi connectivity index (χ2n) is 4.05. The molecule has 1 atom stereocenters. The lowest BCUT2D eigenvalue weighted by atomic mass is 10.1. The molecule has 0 radical (unpaired) electrons. The summed E-state index contributed by atoms with van der Waals surface area (Å²) in [5, 5.41) is 15.0. The van der Waals surface area contributed by atoms with E-state index in [4.69, 9.17) is 10.8 Å². The van der Waals surface area contributed by atoms with Crippen molar-refractivity contribution < 1.29 is 9.90 Å². The predicted octanol–water partition coefficient (Wildman–Crippen LogP) is 0.556. The minimum Gasteiger partial charge on any atom is -0.397 e. The van der Waals surface area contributed by atoms with Gasteiger partial charge in [-0.2, -0.15) is 0 Å². The Hall–Kier alpha value is -1.75. The summed E-state index contributed by atoms with van der Waals surface area (Å²) < 4.78 is 0. The highest BCUT2D eigenvalue weighted by molar-refractivity contribution is 6.00. The molecule has 86 valence electrons. The molecule has 1 amide bonds. The van der Waals surface area contributed by atoms with Crippen LogP contribution in [0.25, 0.3) is 0 Å². The van der Waals surface area contributed by atoms with Crippen LogP contribution >= 0.6 is 0 Å². The first kappa shape index (κ1) is 10.8. The SMILES string of the molecule is CC(O)CNc1cc2c(cc1N)CC(=O)N2. The molecule has 0 fully saturated rings. The summed E-state index contributed by atoms with van der Waals surface area (Å²) in [6, 6.07) is 3.59. The van der Waals surface area contributed by atoms with Crippen molar-refractivity contribution in [3.8, 4) is 0 Å². The quantitative estimate of drug-likeness (QED) is 0.561. The Balaban J connectivity index is 2.21. The van der Waals surface area contributed by atoms with E-state index in [1.165, 1.54) is 0 Å². The molecule has 0 spiro atoms. The summed E-state index contributed by atoms with van der Waals surface area (Å²) in [5.41, 5.74) is 8.89. The predicted molar refractivity (Wildman–Crippen MR) is 63.4 cm³/mol. The first-order valence-corrected chi connectivity index (χ1v) is 5.20. The average molecular weight is 221 g/mol. The number of carbonyl (C=O) groups excluding carboxylic acids is 1. The van der Waals surface area contributed by atoms with Crippen LogP contribution < -0.4 is 16.4 Å². The summed E-state index contributed by atoms with van der Waals surface area (Å²) in [5.74, 6) is -0.0120. The molecule has 16 heavy (non-hydrogen) atoms. The van der Waals surface area contributed by atoms with Gasteiger partial charge in [0, 0.05) is 12.2 Å². The zero-order chi connectivity index (χ0) is 11.7. The Bertz CT molecular complexity index is 429. The summed E-state index contributed by atoms with van der Waals surface area (Å²) in [6.07, 6.45) is -0.0572. The molecule has 1 aliphatic heterocycles. The maximum absolute atomic E-state index is 11.2. The molecule has 0 saturated heterocycles. The average Bonchev–Trinajstić information content (AvgIpc) is 2.53. The molecular formula is C11H15N3O2. The molecule has 1 aromatic rings. The fourth-order valence-electron chi connectivity index (χ4n) is 1.70. The number of hydrogen-bond acceptors (Lipinski definition) is 4. The van der Waals surface area contributed by atoms with Gasteiger partial charge in [-0.15, -0.1) is 0 Å². The van der Waals surface area contributed by atoms with E-state index in [2.05, 4.69) is 10.6 Å². The van der Waals surface area contributed by atoms with E-state index in [0.717, 1.165) is 16.9 Å². The van der Waals surface area contributed by atoms with Crippen molar-refractivity contribution in [1.29, 1.82) is 0 Å². The third kappa shape index (κ3) is 2.09. The summed E-state index contributed by atoms with van der Waals surface area (Å²) >= 11 is 0. The number of aliphatic hydroxyl groups excluding tert-OH is 1. The van der Waals surface area contributed by atoms with E-state index in [1.807, 2.05) is 0 Å². The van der Waals surface area contributed by atoms with Crippen LogP contribution in [-0.2, 0) is 11.2 Å². The minimum absolute atomic E-state index is 0.0120. The Labute approximate surface area is 93.6 Å². The first-order chi connectivity index (χ1) is 7.56. The Kier molecular flexibility index (Phi) is 2.70. The highest BCUT2D eigenvalue weighted by Crippen LogP contribution is 2.31. The van der Waals surface area contributed by atoms with E-state index in [0.29, 0.717) is 18.7 Å². The fraction of sp³-hybridized carbons (Fsp3) is 0.364. The van der Waals surface area contributed by atoms with Gasteiger partial charge < -0.3 is 21.5 Å². The van der Waals surface area contributed by atoms with Gasteiger partial charge in [0.2, 0.25) is 5.91 Å². The van der Waals surface area contributed by atoms with Crippen LogP contribution in [0.1, 0.15) is 12.5 Å². The van der Waals surface area contributed by atoms with E-state index in [9.17, 15) is 4.79 Å². The standard InChI is InChI=1S/C11H15N3O2/c1-6(15)5-13-10-4-9-7(2-8(10)12)3-11(16)14-9/h2,4,6,13,15H,3,5,12H2,1H3,(H,14,16). The number of anilines is 3. The number of rotatable bonds is 3. The summed E-state index contributed by atoms with van der Waals surface area (Å²) in [7, 11) is 0. The van der Waals surface area contributed by atoms with Gasteiger partial charge in [0.25, 0.3) is 0 Å². The van der Waals surface area contributed by atoms with Crippen molar-refractivity contribution in [1.82, 2.24) is 0 Å².